The maximum absolute atomic E-state index is 12.2. The number of fused-ring (bicyclic) bond motifs is 3. The van der Waals surface area contributed by atoms with E-state index in [0.717, 1.165) is 18.2 Å². The number of phenols is 1. The molecule has 0 saturated heterocycles. The molecule has 0 fully saturated rings. The molecule has 298 valence electrons. The smallest absolute Gasteiger partial charge is 0.294 e. The first kappa shape index (κ1) is 40.3. The van der Waals surface area contributed by atoms with Gasteiger partial charge in [-0.2, -0.15) is 30.4 Å². The van der Waals surface area contributed by atoms with Gasteiger partial charge in [0.05, 0.1) is 48.8 Å². The van der Waals surface area contributed by atoms with Gasteiger partial charge in [0.1, 0.15) is 11.4 Å². The predicted octanol–water partition coefficient (Wildman–Crippen LogP) is 10.4. The molecule has 0 saturated carbocycles. The highest BCUT2D eigenvalue weighted by Crippen LogP contribution is 2.41. The number of rotatable bonds is 10. The maximum Gasteiger partial charge on any atom is 0.294 e. The van der Waals surface area contributed by atoms with Gasteiger partial charge in [0, 0.05) is 33.9 Å². The van der Waals surface area contributed by atoms with Crippen molar-refractivity contribution >= 4 is 108 Å². The molecule has 0 radical (unpaired) electrons. The first-order valence-corrected chi connectivity index (χ1v) is 21.1. The van der Waals surface area contributed by atoms with Crippen molar-refractivity contribution < 1.29 is 49.1 Å². The van der Waals surface area contributed by atoms with Crippen LogP contribution in [0.2, 0.25) is 0 Å². The Morgan fingerprint density at radius 2 is 0.847 bits per heavy atom. The molecule has 0 aromatic heterocycles. The van der Waals surface area contributed by atoms with Gasteiger partial charge in [0.2, 0.25) is 0 Å². The number of aliphatic hydroxyl groups excluding tert-OH is 1. The monoisotopic (exact) mass is 853 g/mol. The van der Waals surface area contributed by atoms with Gasteiger partial charge >= 0.3 is 0 Å². The molecule has 5 N–H and O–H groups in total. The summed E-state index contributed by atoms with van der Waals surface area (Å²) in [6, 6.07) is 26.1. The number of hydrogen-bond donors (Lipinski definition) is 5. The minimum absolute atomic E-state index is 0.0687. The fourth-order valence-electron chi connectivity index (χ4n) is 5.91. The average Bonchev–Trinajstić information content (AvgIpc) is 3.18. The Kier molecular flexibility index (Phi) is 10.6. The molecule has 0 aliphatic carbocycles. The van der Waals surface area contributed by atoms with Crippen LogP contribution in [-0.2, 0) is 30.4 Å². The largest absolute Gasteiger partial charge is 0.506 e. The number of aromatic hydroxyl groups is 1. The molecule has 21 heteroatoms. The zero-order valence-electron chi connectivity index (χ0n) is 30.0. The zero-order valence-corrected chi connectivity index (χ0v) is 32.5. The fraction of sp³-hybridized carbons (Fsp3) is 0.0263. The third kappa shape index (κ3) is 8.84. The fourth-order valence-corrected chi connectivity index (χ4v) is 7.44. The molecule has 0 aliphatic rings. The third-order valence-corrected chi connectivity index (χ3v) is 11.2. The van der Waals surface area contributed by atoms with Gasteiger partial charge in [-0.15, -0.1) is 25.6 Å². The molecule has 0 atom stereocenters. The molecule has 7 aromatic rings. The van der Waals surface area contributed by atoms with Crippen LogP contribution in [0.25, 0.3) is 32.3 Å². The molecule has 7 rings (SSSR count). The number of aliphatic imine (C=N–C) groups is 1. The molecule has 18 nitrogen and oxygen atoms in total. The van der Waals surface area contributed by atoms with Crippen molar-refractivity contribution in [1.82, 2.24) is 0 Å². The topological polar surface area (TPSA) is 290 Å². The first-order chi connectivity index (χ1) is 27.8. The van der Waals surface area contributed by atoms with E-state index in [1.54, 1.807) is 30.3 Å². The minimum Gasteiger partial charge on any atom is -0.506 e. The Labute approximate surface area is 334 Å². The van der Waals surface area contributed by atoms with Gasteiger partial charge < -0.3 is 10.2 Å². The Bertz CT molecular complexity index is 3330. The standard InChI is InChI=1S/C38H27N7O11S3/c1-21(46)39-23-3-5-24(6-4-23)40-41-35-15-13-33(29-11-8-26(19-31(29)35)58(51,52)53)42-43-34-14-16-36(32-20-27(59(54,55)56)9-12-30(32)34)44-45-38-28-10-7-25(57(48,49)50)18-22(28)2-17-37(38)47/h2-20,47H,1H3,(H,39,46)(H,48,49,50)(H,51,52,53)(H,54,55,56). The van der Waals surface area contributed by atoms with Crippen LogP contribution < -0.4 is 0 Å². The summed E-state index contributed by atoms with van der Waals surface area (Å²) in [5.41, 5.74) is 1.54. The number of nitrogens with zero attached hydrogens (tertiary/aromatic N) is 7. The van der Waals surface area contributed by atoms with Crippen molar-refractivity contribution in [3.8, 4) is 5.75 Å². The number of benzene rings is 7. The van der Waals surface area contributed by atoms with Crippen LogP contribution in [-0.4, -0.2) is 55.0 Å². The van der Waals surface area contributed by atoms with Gasteiger partial charge in [-0.25, -0.2) is 4.99 Å². The van der Waals surface area contributed by atoms with Crippen molar-refractivity contribution in [1.29, 1.82) is 0 Å². The normalized spacial score (nSPS) is 13.2. The van der Waals surface area contributed by atoms with E-state index < -0.39 is 40.1 Å². The number of phenolic OH excluding ortho intramolecular Hbond substituents is 1. The summed E-state index contributed by atoms with van der Waals surface area (Å²) in [6.07, 6.45) is 0. The van der Waals surface area contributed by atoms with E-state index in [9.17, 15) is 49.1 Å². The maximum atomic E-state index is 12.2. The highest BCUT2D eigenvalue weighted by molar-refractivity contribution is 7.86. The Balaban J connectivity index is 1.30. The van der Waals surface area contributed by atoms with Gasteiger partial charge in [0.25, 0.3) is 30.4 Å². The quantitative estimate of drug-likeness (QED) is 0.0373. The number of azo groups is 3. The number of aliphatic hydroxyl groups is 1. The lowest BCUT2D eigenvalue weighted by molar-refractivity contribution is 0.477. The predicted molar refractivity (Wildman–Crippen MR) is 217 cm³/mol. The first-order valence-electron chi connectivity index (χ1n) is 16.8. The molecular formula is C38H27N7O11S3. The van der Waals surface area contributed by atoms with Crippen molar-refractivity contribution in [3.63, 3.8) is 0 Å². The Hall–Kier alpha value is -6.88. The van der Waals surface area contributed by atoms with Crippen LogP contribution in [0.1, 0.15) is 6.92 Å². The summed E-state index contributed by atoms with van der Waals surface area (Å²) < 4.78 is 101. The van der Waals surface area contributed by atoms with Crippen LogP contribution >= 0.6 is 0 Å². The van der Waals surface area contributed by atoms with Crippen molar-refractivity contribution in [2.75, 3.05) is 0 Å². The zero-order chi connectivity index (χ0) is 42.3. The lowest BCUT2D eigenvalue weighted by Gasteiger charge is -2.09. The second-order valence-electron chi connectivity index (χ2n) is 12.6. The molecule has 0 bridgehead atoms. The summed E-state index contributed by atoms with van der Waals surface area (Å²) in [5.74, 6) is -0.448. The molecule has 0 spiro atoms. The lowest BCUT2D eigenvalue weighted by Crippen LogP contribution is -1.97. The Morgan fingerprint density at radius 3 is 1.32 bits per heavy atom. The van der Waals surface area contributed by atoms with Crippen LogP contribution in [0.3, 0.4) is 0 Å². The van der Waals surface area contributed by atoms with Gasteiger partial charge in [-0.1, -0.05) is 24.3 Å². The second kappa shape index (κ2) is 15.5. The number of hydrogen-bond acceptors (Lipinski definition) is 14. The van der Waals surface area contributed by atoms with Crippen molar-refractivity contribution in [2.24, 2.45) is 35.7 Å². The second-order valence-corrected chi connectivity index (χ2v) is 16.9. The summed E-state index contributed by atoms with van der Waals surface area (Å²) in [7, 11) is -13.9. The highest BCUT2D eigenvalue weighted by Gasteiger charge is 2.17. The van der Waals surface area contributed by atoms with Crippen LogP contribution in [0.5, 0.6) is 5.75 Å². The molecule has 0 unspecified atom stereocenters. The van der Waals surface area contributed by atoms with E-state index in [-0.39, 0.29) is 61.1 Å². The summed E-state index contributed by atoms with van der Waals surface area (Å²) in [5, 5.41) is 47.4. The van der Waals surface area contributed by atoms with Crippen LogP contribution in [0, 0.1) is 0 Å². The average molecular weight is 854 g/mol. The minimum atomic E-state index is -4.70. The molecule has 0 aliphatic heterocycles. The highest BCUT2D eigenvalue weighted by atomic mass is 32.2. The van der Waals surface area contributed by atoms with E-state index in [1.807, 2.05) is 0 Å². The van der Waals surface area contributed by atoms with E-state index in [2.05, 4.69) is 35.7 Å². The van der Waals surface area contributed by atoms with E-state index in [4.69, 9.17) is 0 Å². The Morgan fingerprint density at radius 1 is 0.441 bits per heavy atom. The molecule has 7 aromatic carbocycles. The van der Waals surface area contributed by atoms with Crippen molar-refractivity contribution in [3.05, 3.63) is 115 Å². The molecule has 0 heterocycles. The van der Waals surface area contributed by atoms with Gasteiger partial charge in [-0.05, 0) is 96.4 Å². The molecular weight excluding hydrogens is 827 g/mol. The lowest BCUT2D eigenvalue weighted by atomic mass is 10.1. The molecule has 59 heavy (non-hydrogen) atoms. The summed E-state index contributed by atoms with van der Waals surface area (Å²) in [4.78, 5) is 2.67. The van der Waals surface area contributed by atoms with E-state index in [0.29, 0.717) is 27.5 Å². The summed E-state index contributed by atoms with van der Waals surface area (Å²) >= 11 is 0. The SMILES string of the molecule is CC(O)=Nc1ccc(N=Nc2ccc(N=Nc3ccc(N=Nc4c(O)ccc5cc(S(=O)(=O)O)ccc45)c4cc(S(=O)(=O)O)ccc34)c3ccc(S(=O)(=O)O)cc23)cc1. The van der Waals surface area contributed by atoms with Crippen LogP contribution in [0.4, 0.5) is 39.8 Å². The van der Waals surface area contributed by atoms with E-state index in [1.165, 1.54) is 73.7 Å². The third-order valence-electron chi connectivity index (χ3n) is 8.66. The molecule has 0 amide bonds. The van der Waals surface area contributed by atoms with Crippen LogP contribution in [0.15, 0.2) is 166 Å². The van der Waals surface area contributed by atoms with Crippen molar-refractivity contribution in [2.45, 2.75) is 21.6 Å². The summed E-state index contributed by atoms with van der Waals surface area (Å²) in [6.45, 7) is 1.43. The van der Waals surface area contributed by atoms with E-state index >= 15 is 0 Å². The van der Waals surface area contributed by atoms with Gasteiger partial charge in [0.15, 0.2) is 5.90 Å². The van der Waals surface area contributed by atoms with Gasteiger partial charge in [-0.3, -0.25) is 13.7 Å².